The standard InChI is InChI=1S/C16H10ClNO3/c17-13-10(7-19)6-11(8-20)14-12(13)16(21)15(18-14)9-4-2-1-3-5-9/h1-8,18,21H. The molecule has 0 amide bonds. The van der Waals surface area contributed by atoms with E-state index in [9.17, 15) is 14.7 Å². The van der Waals surface area contributed by atoms with Gasteiger partial charge in [0, 0.05) is 16.7 Å². The predicted octanol–water partition coefficient (Wildman–Crippen LogP) is 3.82. The lowest BCUT2D eigenvalue weighted by Gasteiger charge is -2.01. The average Bonchev–Trinajstić information content (AvgIpc) is 2.87. The summed E-state index contributed by atoms with van der Waals surface area (Å²) in [5.74, 6) is -0.0759. The lowest BCUT2D eigenvalue weighted by atomic mass is 10.1. The van der Waals surface area contributed by atoms with Gasteiger partial charge in [0.15, 0.2) is 18.3 Å². The van der Waals surface area contributed by atoms with E-state index in [2.05, 4.69) is 4.98 Å². The Balaban J connectivity index is 2.42. The van der Waals surface area contributed by atoms with E-state index in [0.717, 1.165) is 5.56 Å². The van der Waals surface area contributed by atoms with Gasteiger partial charge in [0.05, 0.1) is 21.6 Å². The Morgan fingerprint density at radius 1 is 1.05 bits per heavy atom. The number of rotatable bonds is 3. The Kier molecular flexibility index (Phi) is 3.23. The Labute approximate surface area is 125 Å². The SMILES string of the molecule is O=Cc1cc(C=O)c2[nH]c(-c3ccccc3)c(O)c2c1Cl. The Bertz CT molecular complexity index is 853. The molecule has 0 aliphatic rings. The fourth-order valence-corrected chi connectivity index (χ4v) is 2.64. The molecule has 0 radical (unpaired) electrons. The Morgan fingerprint density at radius 2 is 1.71 bits per heavy atom. The van der Waals surface area contributed by atoms with Crippen LogP contribution in [0, 0.1) is 0 Å². The predicted molar refractivity (Wildman–Crippen MR) is 81.2 cm³/mol. The number of aromatic amines is 1. The van der Waals surface area contributed by atoms with Crippen LogP contribution < -0.4 is 0 Å². The number of hydrogen-bond donors (Lipinski definition) is 2. The molecule has 0 bridgehead atoms. The molecule has 0 aliphatic carbocycles. The van der Waals surface area contributed by atoms with Gasteiger partial charge in [0.25, 0.3) is 0 Å². The quantitative estimate of drug-likeness (QED) is 0.722. The highest BCUT2D eigenvalue weighted by molar-refractivity contribution is 6.39. The molecule has 0 atom stereocenters. The lowest BCUT2D eigenvalue weighted by Crippen LogP contribution is -1.89. The summed E-state index contributed by atoms with van der Waals surface area (Å²) in [4.78, 5) is 25.2. The second kappa shape index (κ2) is 5.07. The zero-order valence-corrected chi connectivity index (χ0v) is 11.5. The number of nitrogens with one attached hydrogen (secondary N) is 1. The molecule has 3 rings (SSSR count). The fraction of sp³-hybridized carbons (Fsp3) is 0. The number of aldehydes is 2. The van der Waals surface area contributed by atoms with Crippen LogP contribution in [-0.2, 0) is 0 Å². The van der Waals surface area contributed by atoms with Crippen molar-refractivity contribution < 1.29 is 14.7 Å². The number of benzene rings is 2. The van der Waals surface area contributed by atoms with E-state index < -0.39 is 0 Å². The van der Waals surface area contributed by atoms with E-state index in [0.29, 0.717) is 23.8 Å². The minimum absolute atomic E-state index is 0.0759. The van der Waals surface area contributed by atoms with E-state index in [-0.39, 0.29) is 27.3 Å². The molecule has 1 aromatic heterocycles. The smallest absolute Gasteiger partial charge is 0.152 e. The van der Waals surface area contributed by atoms with Gasteiger partial charge in [-0.15, -0.1) is 0 Å². The normalized spacial score (nSPS) is 10.7. The molecule has 0 unspecified atom stereocenters. The maximum atomic E-state index is 11.2. The first kappa shape index (κ1) is 13.4. The van der Waals surface area contributed by atoms with Gasteiger partial charge < -0.3 is 10.1 Å². The van der Waals surface area contributed by atoms with Gasteiger partial charge in [0.1, 0.15) is 0 Å². The van der Waals surface area contributed by atoms with Gasteiger partial charge in [-0.1, -0.05) is 41.9 Å². The van der Waals surface area contributed by atoms with Crippen LogP contribution >= 0.6 is 11.6 Å². The van der Waals surface area contributed by atoms with Crippen LogP contribution in [0.4, 0.5) is 0 Å². The van der Waals surface area contributed by atoms with Crippen LogP contribution in [0.5, 0.6) is 5.75 Å². The molecule has 5 heteroatoms. The highest BCUT2D eigenvalue weighted by atomic mass is 35.5. The van der Waals surface area contributed by atoms with Crippen LogP contribution in [-0.4, -0.2) is 22.7 Å². The molecule has 4 nitrogen and oxygen atoms in total. The van der Waals surface area contributed by atoms with Crippen LogP contribution in [0.25, 0.3) is 22.2 Å². The third kappa shape index (κ3) is 2.00. The average molecular weight is 300 g/mol. The lowest BCUT2D eigenvalue weighted by molar-refractivity contribution is 0.112. The van der Waals surface area contributed by atoms with Gasteiger partial charge in [-0.05, 0) is 6.07 Å². The van der Waals surface area contributed by atoms with Crippen molar-refractivity contribution in [2.45, 2.75) is 0 Å². The molecule has 104 valence electrons. The van der Waals surface area contributed by atoms with Crippen molar-refractivity contribution >= 4 is 35.1 Å². The molecule has 0 saturated heterocycles. The van der Waals surface area contributed by atoms with Crippen molar-refractivity contribution in [3.05, 3.63) is 52.5 Å². The van der Waals surface area contributed by atoms with Gasteiger partial charge in [0.2, 0.25) is 0 Å². The second-order valence-corrected chi connectivity index (χ2v) is 4.95. The van der Waals surface area contributed by atoms with Crippen LogP contribution in [0.2, 0.25) is 5.02 Å². The van der Waals surface area contributed by atoms with Crippen molar-refractivity contribution in [3.8, 4) is 17.0 Å². The highest BCUT2D eigenvalue weighted by Crippen LogP contribution is 2.41. The van der Waals surface area contributed by atoms with Gasteiger partial charge >= 0.3 is 0 Å². The maximum Gasteiger partial charge on any atom is 0.152 e. The summed E-state index contributed by atoms with van der Waals surface area (Å²) in [7, 11) is 0. The Hall–Kier alpha value is -2.59. The first-order chi connectivity index (χ1) is 10.2. The van der Waals surface area contributed by atoms with Crippen molar-refractivity contribution in [2.24, 2.45) is 0 Å². The van der Waals surface area contributed by atoms with Crippen LogP contribution in [0.3, 0.4) is 0 Å². The molecular formula is C16H10ClNO3. The van der Waals surface area contributed by atoms with E-state index in [1.165, 1.54) is 6.07 Å². The number of aromatic nitrogens is 1. The largest absolute Gasteiger partial charge is 0.505 e. The fourth-order valence-electron chi connectivity index (χ4n) is 2.36. The first-order valence-electron chi connectivity index (χ1n) is 6.20. The molecule has 2 N–H and O–H groups in total. The number of halogens is 1. The zero-order chi connectivity index (χ0) is 15.0. The summed E-state index contributed by atoms with van der Waals surface area (Å²) in [6.07, 6.45) is 1.18. The molecular weight excluding hydrogens is 290 g/mol. The number of hydrogen-bond acceptors (Lipinski definition) is 3. The summed E-state index contributed by atoms with van der Waals surface area (Å²) in [5.41, 5.74) is 2.07. The summed E-state index contributed by atoms with van der Waals surface area (Å²) in [5, 5.41) is 10.8. The highest BCUT2D eigenvalue weighted by Gasteiger charge is 2.19. The first-order valence-corrected chi connectivity index (χ1v) is 6.58. The maximum absolute atomic E-state index is 11.2. The van der Waals surface area contributed by atoms with Crippen molar-refractivity contribution in [2.75, 3.05) is 0 Å². The molecule has 3 aromatic rings. The van der Waals surface area contributed by atoms with Gasteiger partial charge in [-0.3, -0.25) is 9.59 Å². The van der Waals surface area contributed by atoms with E-state index in [1.807, 2.05) is 30.3 Å². The molecule has 21 heavy (non-hydrogen) atoms. The molecule has 1 heterocycles. The summed E-state index contributed by atoms with van der Waals surface area (Å²) in [6.45, 7) is 0. The minimum atomic E-state index is -0.0759. The molecule has 0 spiro atoms. The summed E-state index contributed by atoms with van der Waals surface area (Å²) >= 11 is 6.15. The molecule has 0 fully saturated rings. The van der Waals surface area contributed by atoms with Crippen LogP contribution in [0.1, 0.15) is 20.7 Å². The number of fused-ring (bicyclic) bond motifs is 1. The van der Waals surface area contributed by atoms with Gasteiger partial charge in [-0.2, -0.15) is 0 Å². The molecule has 0 aliphatic heterocycles. The van der Waals surface area contributed by atoms with E-state index in [1.54, 1.807) is 0 Å². The van der Waals surface area contributed by atoms with E-state index in [4.69, 9.17) is 11.6 Å². The van der Waals surface area contributed by atoms with Crippen molar-refractivity contribution in [1.82, 2.24) is 4.98 Å². The zero-order valence-electron chi connectivity index (χ0n) is 10.8. The topological polar surface area (TPSA) is 70.2 Å². The third-order valence-electron chi connectivity index (χ3n) is 3.36. The van der Waals surface area contributed by atoms with E-state index >= 15 is 0 Å². The third-order valence-corrected chi connectivity index (χ3v) is 3.77. The number of carbonyl (C=O) groups is 2. The van der Waals surface area contributed by atoms with Crippen molar-refractivity contribution in [1.29, 1.82) is 0 Å². The van der Waals surface area contributed by atoms with Crippen molar-refractivity contribution in [3.63, 3.8) is 0 Å². The second-order valence-electron chi connectivity index (χ2n) is 4.57. The number of H-pyrrole nitrogens is 1. The number of aromatic hydroxyl groups is 1. The monoisotopic (exact) mass is 299 g/mol. The Morgan fingerprint density at radius 3 is 2.33 bits per heavy atom. The molecule has 2 aromatic carbocycles. The summed E-state index contributed by atoms with van der Waals surface area (Å²) in [6, 6.07) is 10.6. The summed E-state index contributed by atoms with van der Waals surface area (Å²) < 4.78 is 0. The van der Waals surface area contributed by atoms with Gasteiger partial charge in [-0.25, -0.2) is 0 Å². The molecule has 0 saturated carbocycles. The van der Waals surface area contributed by atoms with Crippen LogP contribution in [0.15, 0.2) is 36.4 Å². The number of carbonyl (C=O) groups excluding carboxylic acids is 2. The minimum Gasteiger partial charge on any atom is -0.505 e.